The highest BCUT2D eigenvalue weighted by molar-refractivity contribution is 5.40. The molecule has 2 aromatic rings. The Balaban J connectivity index is 2.17. The van der Waals surface area contributed by atoms with Crippen LogP contribution in [0.1, 0.15) is 43.3 Å². The van der Waals surface area contributed by atoms with Crippen molar-refractivity contribution in [3.8, 4) is 5.82 Å². The third-order valence-corrected chi connectivity index (χ3v) is 4.07. The summed E-state index contributed by atoms with van der Waals surface area (Å²) in [7, 11) is 1.95. The first kappa shape index (κ1) is 12.5. The van der Waals surface area contributed by atoms with E-state index in [2.05, 4.69) is 42.6 Å². The summed E-state index contributed by atoms with van der Waals surface area (Å²) in [5.74, 6) is 0.992. The van der Waals surface area contributed by atoms with Crippen molar-refractivity contribution in [2.75, 3.05) is 0 Å². The topological polar surface area (TPSA) is 48.8 Å². The zero-order chi connectivity index (χ0) is 13.8. The molecule has 0 aromatic carbocycles. The molecule has 19 heavy (non-hydrogen) atoms. The number of rotatable bonds is 1. The van der Waals surface area contributed by atoms with E-state index in [1.54, 1.807) is 0 Å². The molecule has 0 fully saturated rings. The number of hydrogen-bond donors (Lipinski definition) is 1. The summed E-state index contributed by atoms with van der Waals surface area (Å²) in [6, 6.07) is 4.42. The molecule has 4 nitrogen and oxygen atoms in total. The van der Waals surface area contributed by atoms with Crippen molar-refractivity contribution in [1.82, 2.24) is 14.3 Å². The van der Waals surface area contributed by atoms with Crippen LogP contribution in [0.4, 0.5) is 0 Å². The highest BCUT2D eigenvalue weighted by Gasteiger charge is 2.33. The number of aryl methyl sites for hydroxylation is 2. The van der Waals surface area contributed by atoms with E-state index in [1.165, 1.54) is 17.0 Å². The van der Waals surface area contributed by atoms with Crippen molar-refractivity contribution in [2.45, 2.75) is 39.7 Å². The van der Waals surface area contributed by atoms with Crippen molar-refractivity contribution >= 4 is 0 Å². The summed E-state index contributed by atoms with van der Waals surface area (Å²) < 4.78 is 4.10. The van der Waals surface area contributed by atoms with Gasteiger partial charge in [-0.25, -0.2) is 0 Å². The Bertz CT molecular complexity index is 618. The van der Waals surface area contributed by atoms with Crippen LogP contribution in [0.15, 0.2) is 18.3 Å². The number of aromatic nitrogens is 3. The van der Waals surface area contributed by atoms with Gasteiger partial charge in [0.2, 0.25) is 0 Å². The van der Waals surface area contributed by atoms with Gasteiger partial charge in [0, 0.05) is 36.7 Å². The second kappa shape index (κ2) is 3.97. The molecular weight excluding hydrogens is 236 g/mol. The van der Waals surface area contributed by atoms with E-state index in [0.29, 0.717) is 0 Å². The minimum absolute atomic E-state index is 0.141. The Morgan fingerprint density at radius 3 is 2.79 bits per heavy atom. The molecule has 0 saturated heterocycles. The maximum atomic E-state index is 6.35. The van der Waals surface area contributed by atoms with Gasteiger partial charge in [-0.2, -0.15) is 5.10 Å². The van der Waals surface area contributed by atoms with Gasteiger partial charge in [-0.1, -0.05) is 13.8 Å². The Morgan fingerprint density at radius 1 is 1.42 bits per heavy atom. The molecule has 0 bridgehead atoms. The molecule has 0 saturated carbocycles. The van der Waals surface area contributed by atoms with E-state index in [0.717, 1.165) is 18.7 Å². The van der Waals surface area contributed by atoms with Crippen LogP contribution in [0.3, 0.4) is 0 Å². The van der Waals surface area contributed by atoms with Crippen molar-refractivity contribution < 1.29 is 0 Å². The van der Waals surface area contributed by atoms with E-state index in [4.69, 9.17) is 5.73 Å². The minimum Gasteiger partial charge on any atom is -0.324 e. The average molecular weight is 258 g/mol. The molecule has 2 aromatic heterocycles. The van der Waals surface area contributed by atoms with E-state index >= 15 is 0 Å². The maximum absolute atomic E-state index is 6.35. The first-order valence-corrected chi connectivity index (χ1v) is 6.84. The molecule has 4 heteroatoms. The zero-order valence-corrected chi connectivity index (χ0v) is 12.1. The Labute approximate surface area is 114 Å². The van der Waals surface area contributed by atoms with Crippen LogP contribution in [0, 0.1) is 12.3 Å². The Kier molecular flexibility index (Phi) is 2.61. The van der Waals surface area contributed by atoms with Gasteiger partial charge in [-0.15, -0.1) is 0 Å². The van der Waals surface area contributed by atoms with Crippen LogP contribution in [0.2, 0.25) is 0 Å². The lowest BCUT2D eigenvalue weighted by Gasteiger charge is -2.34. The lowest BCUT2D eigenvalue weighted by Crippen LogP contribution is -2.30. The van der Waals surface area contributed by atoms with Crippen LogP contribution < -0.4 is 5.73 Å². The predicted octanol–water partition coefficient (Wildman–Crippen LogP) is 2.49. The average Bonchev–Trinajstić information content (AvgIpc) is 2.81. The third kappa shape index (κ3) is 2.00. The fraction of sp³-hybridized carbons (Fsp3) is 0.533. The summed E-state index contributed by atoms with van der Waals surface area (Å²) >= 11 is 0. The number of nitrogens with zero attached hydrogens (tertiary/aromatic N) is 3. The molecule has 3 rings (SSSR count). The monoisotopic (exact) mass is 258 g/mol. The van der Waals surface area contributed by atoms with Gasteiger partial charge in [0.15, 0.2) is 5.82 Å². The molecule has 0 radical (unpaired) electrons. The molecule has 0 aliphatic heterocycles. The van der Waals surface area contributed by atoms with Gasteiger partial charge in [0.1, 0.15) is 0 Å². The highest BCUT2D eigenvalue weighted by atomic mass is 15.3. The summed E-state index contributed by atoms with van der Waals surface area (Å²) in [6.45, 7) is 6.72. The number of hydrogen-bond acceptors (Lipinski definition) is 2. The molecule has 0 amide bonds. The largest absolute Gasteiger partial charge is 0.324 e. The maximum Gasteiger partial charge on any atom is 0.159 e. The first-order valence-electron chi connectivity index (χ1n) is 6.84. The standard InChI is InChI=1S/C15H22N4/c1-10-7-11-12(16)8-15(2,3)9-13(11)19(10)14-5-6-18(4)17-14/h5-7,12H,8-9,16H2,1-4H3. The second-order valence-corrected chi connectivity index (χ2v) is 6.52. The molecule has 1 aliphatic rings. The summed E-state index contributed by atoms with van der Waals surface area (Å²) in [6.07, 6.45) is 4.08. The quantitative estimate of drug-likeness (QED) is 0.854. The van der Waals surface area contributed by atoms with E-state index in [9.17, 15) is 0 Å². The Morgan fingerprint density at radius 2 is 2.16 bits per heavy atom. The summed E-state index contributed by atoms with van der Waals surface area (Å²) in [5.41, 5.74) is 10.4. The molecule has 1 unspecified atom stereocenters. The van der Waals surface area contributed by atoms with E-state index in [1.807, 2.05) is 17.9 Å². The Hall–Kier alpha value is -1.55. The molecular formula is C15H22N4. The van der Waals surface area contributed by atoms with Crippen molar-refractivity contribution in [1.29, 1.82) is 0 Å². The van der Waals surface area contributed by atoms with Gasteiger partial charge in [-0.3, -0.25) is 4.68 Å². The highest BCUT2D eigenvalue weighted by Crippen LogP contribution is 2.41. The van der Waals surface area contributed by atoms with Crippen LogP contribution >= 0.6 is 0 Å². The molecule has 2 N–H and O–H groups in total. The van der Waals surface area contributed by atoms with Gasteiger partial charge in [0.05, 0.1) is 0 Å². The van der Waals surface area contributed by atoms with Gasteiger partial charge < -0.3 is 10.3 Å². The van der Waals surface area contributed by atoms with Crippen molar-refractivity contribution in [2.24, 2.45) is 18.2 Å². The molecule has 1 aliphatic carbocycles. The zero-order valence-electron chi connectivity index (χ0n) is 12.1. The minimum atomic E-state index is 0.141. The van der Waals surface area contributed by atoms with E-state index < -0.39 is 0 Å². The van der Waals surface area contributed by atoms with Gasteiger partial charge >= 0.3 is 0 Å². The summed E-state index contributed by atoms with van der Waals surface area (Å²) in [5, 5.41) is 4.53. The summed E-state index contributed by atoms with van der Waals surface area (Å²) in [4.78, 5) is 0. The molecule has 1 atom stereocenters. The lowest BCUT2D eigenvalue weighted by atomic mass is 9.74. The third-order valence-electron chi connectivity index (χ3n) is 4.07. The first-order chi connectivity index (χ1) is 8.87. The number of fused-ring (bicyclic) bond motifs is 1. The van der Waals surface area contributed by atoms with Crippen LogP contribution in [-0.2, 0) is 13.5 Å². The molecule has 0 spiro atoms. The fourth-order valence-corrected chi connectivity index (χ4v) is 3.29. The van der Waals surface area contributed by atoms with Gasteiger partial charge in [-0.05, 0) is 36.8 Å². The predicted molar refractivity (Wildman–Crippen MR) is 76.3 cm³/mol. The van der Waals surface area contributed by atoms with E-state index in [-0.39, 0.29) is 11.5 Å². The van der Waals surface area contributed by atoms with Crippen molar-refractivity contribution in [3.05, 3.63) is 35.3 Å². The van der Waals surface area contributed by atoms with Crippen LogP contribution in [-0.4, -0.2) is 14.3 Å². The smallest absolute Gasteiger partial charge is 0.159 e. The molecule has 2 heterocycles. The fourth-order valence-electron chi connectivity index (χ4n) is 3.29. The van der Waals surface area contributed by atoms with Crippen LogP contribution in [0.25, 0.3) is 5.82 Å². The SMILES string of the molecule is Cc1cc2c(n1-c1ccn(C)n1)CC(C)(C)CC2N. The van der Waals surface area contributed by atoms with Crippen LogP contribution in [0.5, 0.6) is 0 Å². The second-order valence-electron chi connectivity index (χ2n) is 6.52. The number of nitrogens with two attached hydrogens (primary N) is 1. The lowest BCUT2D eigenvalue weighted by molar-refractivity contribution is 0.278. The normalized spacial score (nSPS) is 21.4. The molecule has 102 valence electrons. The van der Waals surface area contributed by atoms with Gasteiger partial charge in [0.25, 0.3) is 0 Å². The van der Waals surface area contributed by atoms with Crippen molar-refractivity contribution in [3.63, 3.8) is 0 Å².